The lowest BCUT2D eigenvalue weighted by atomic mass is 9.56. The lowest BCUT2D eigenvalue weighted by Gasteiger charge is -2.48. The van der Waals surface area contributed by atoms with Crippen LogP contribution in [0.1, 0.15) is 125 Å². The number of carboxylic acid groups (broad SMARTS) is 8. The molecule has 0 aromatic carbocycles. The molecule has 5 aliphatic heterocycles. The molecule has 0 radical (unpaired) electrons. The molecule has 64 heavy (non-hydrogen) atoms. The van der Waals surface area contributed by atoms with Crippen LogP contribution in [0.25, 0.3) is 0 Å². The normalized spacial score (nSPS) is 31.8. The van der Waals surface area contributed by atoms with Crippen molar-refractivity contribution in [1.82, 2.24) is 5.32 Å². The van der Waals surface area contributed by atoms with E-state index in [9.17, 15) is 79.2 Å². The molecule has 20 nitrogen and oxygen atoms in total. The molecule has 0 amide bonds. The van der Waals surface area contributed by atoms with Gasteiger partial charge in [0, 0.05) is 89.4 Å². The molecule has 0 spiro atoms. The van der Waals surface area contributed by atoms with E-state index in [0.717, 1.165) is 0 Å². The molecule has 1 saturated heterocycles. The number of fused-ring (bicyclic) bond motifs is 6. The highest BCUT2D eigenvalue weighted by Crippen LogP contribution is 2.61. The summed E-state index contributed by atoms with van der Waals surface area (Å²) >= 11 is 0. The summed E-state index contributed by atoms with van der Waals surface area (Å²) in [4.78, 5) is 115. The zero-order valence-electron chi connectivity index (χ0n) is 36.4. The van der Waals surface area contributed by atoms with Crippen molar-refractivity contribution in [3.63, 3.8) is 0 Å². The highest BCUT2D eigenvalue weighted by Gasteiger charge is 2.66. The van der Waals surface area contributed by atoms with Crippen molar-refractivity contribution in [3.05, 3.63) is 34.2 Å². The molecular formula is C44H56N4O16. The Labute approximate surface area is 367 Å². The van der Waals surface area contributed by atoms with Gasteiger partial charge in [-0.25, -0.2) is 0 Å². The van der Waals surface area contributed by atoms with Gasteiger partial charge in [-0.1, -0.05) is 13.8 Å². The van der Waals surface area contributed by atoms with Crippen LogP contribution < -0.4 is 5.32 Å². The maximum Gasteiger partial charge on any atom is 0.307 e. The monoisotopic (exact) mass is 896 g/mol. The largest absolute Gasteiger partial charge is 0.481 e. The van der Waals surface area contributed by atoms with E-state index in [1.165, 1.54) is 6.08 Å². The Hall–Kier alpha value is -6.21. The molecule has 0 aromatic heterocycles. The summed E-state index contributed by atoms with van der Waals surface area (Å²) in [6, 6.07) is -1.17. The van der Waals surface area contributed by atoms with Crippen LogP contribution in [0.3, 0.4) is 0 Å². The van der Waals surface area contributed by atoms with E-state index in [2.05, 4.69) is 5.32 Å². The minimum atomic E-state index is -1.57. The van der Waals surface area contributed by atoms with Gasteiger partial charge >= 0.3 is 47.8 Å². The SMILES string of the molecule is CC12CC3=C(CCC(=O)O)C(C)(CC(=O)O)C(=N3)C=C3NC(C)(C4N=C(CC(=N1)C(CCC(=O)O)=C2CC(=O)O)C(C)(CCC(=O)O)C4CC(=O)O)C(C)(CC(=O)O)C3CCC(=O)O. The summed E-state index contributed by atoms with van der Waals surface area (Å²) in [6.07, 6.45) is -3.95. The third kappa shape index (κ3) is 9.22. The molecule has 8 unspecified atom stereocenters. The van der Waals surface area contributed by atoms with E-state index in [1.54, 1.807) is 34.6 Å². The minimum absolute atomic E-state index is 0.0922. The van der Waals surface area contributed by atoms with Gasteiger partial charge in [0.15, 0.2) is 0 Å². The number of aliphatic carboxylic acids is 8. The van der Waals surface area contributed by atoms with Crippen LogP contribution in [0.2, 0.25) is 0 Å². The fourth-order valence-corrected chi connectivity index (χ4v) is 11.2. The number of allylic oxidation sites excluding steroid dienone is 4. The third-order valence-corrected chi connectivity index (χ3v) is 14.6. The van der Waals surface area contributed by atoms with E-state index < -0.39 is 144 Å². The molecule has 20 heteroatoms. The Bertz CT molecular complexity index is 2270. The Balaban J connectivity index is 1.97. The predicted octanol–water partition coefficient (Wildman–Crippen LogP) is 4.68. The van der Waals surface area contributed by atoms with Crippen LogP contribution in [0.4, 0.5) is 0 Å². The highest BCUT2D eigenvalue weighted by molar-refractivity contribution is 6.17. The van der Waals surface area contributed by atoms with Gasteiger partial charge in [0.2, 0.25) is 0 Å². The van der Waals surface area contributed by atoms with Crippen molar-refractivity contribution in [2.24, 2.45) is 43.1 Å². The van der Waals surface area contributed by atoms with Gasteiger partial charge in [-0.15, -0.1) is 0 Å². The summed E-state index contributed by atoms with van der Waals surface area (Å²) in [7, 11) is 0. The van der Waals surface area contributed by atoms with Crippen LogP contribution in [0.15, 0.2) is 49.2 Å². The molecule has 0 aromatic rings. The summed E-state index contributed by atoms with van der Waals surface area (Å²) in [5.74, 6) is -12.0. The molecule has 5 rings (SSSR count). The summed E-state index contributed by atoms with van der Waals surface area (Å²) in [5, 5.41) is 84.9. The van der Waals surface area contributed by atoms with Crippen LogP contribution in [0, 0.1) is 28.1 Å². The number of nitrogens with zero attached hydrogens (tertiary/aromatic N) is 3. The number of rotatable bonds is 20. The van der Waals surface area contributed by atoms with Gasteiger partial charge in [-0.2, -0.15) is 0 Å². The fourth-order valence-electron chi connectivity index (χ4n) is 11.2. The average molecular weight is 897 g/mol. The molecular weight excluding hydrogens is 840 g/mol. The van der Waals surface area contributed by atoms with Crippen molar-refractivity contribution in [3.8, 4) is 0 Å². The van der Waals surface area contributed by atoms with Crippen molar-refractivity contribution < 1.29 is 79.2 Å². The van der Waals surface area contributed by atoms with Crippen LogP contribution in [-0.4, -0.2) is 123 Å². The summed E-state index contributed by atoms with van der Waals surface area (Å²) in [5.41, 5.74) is -5.72. The zero-order chi connectivity index (χ0) is 47.9. The topological polar surface area (TPSA) is 348 Å². The van der Waals surface area contributed by atoms with E-state index >= 15 is 0 Å². The highest BCUT2D eigenvalue weighted by atomic mass is 16.4. The first-order valence-corrected chi connectivity index (χ1v) is 21.0. The molecule has 8 atom stereocenters. The number of hydrogen-bond acceptors (Lipinski definition) is 12. The minimum Gasteiger partial charge on any atom is -0.481 e. The lowest BCUT2D eigenvalue weighted by Crippen LogP contribution is -2.60. The number of hydrogen-bond donors (Lipinski definition) is 9. The molecule has 9 N–H and O–H groups in total. The third-order valence-electron chi connectivity index (χ3n) is 14.6. The second-order valence-corrected chi connectivity index (χ2v) is 18.8. The summed E-state index contributed by atoms with van der Waals surface area (Å²) in [6.45, 7) is 8.10. The van der Waals surface area contributed by atoms with E-state index in [4.69, 9.17) is 15.0 Å². The quantitative estimate of drug-likeness (QED) is 0.0801. The smallest absolute Gasteiger partial charge is 0.307 e. The molecule has 5 aliphatic rings. The Kier molecular flexibility index (Phi) is 13.5. The first kappa shape index (κ1) is 48.8. The van der Waals surface area contributed by atoms with Crippen LogP contribution >= 0.6 is 0 Å². The standard InChI is InChI=1S/C44H56N4O16/c1-40(13-12-34(55)56)25(15-36(59)60)39-44(5)42(3,20-38(63)64)23(8-11-33(53)54)27(48-44)17-30-41(2,19-37(61)62)22(7-10-32(51)52)28(45-30)18-43(4)24(14-35(57)58)21(6-9-31(49)50)26(47-43)16-29(40)46-39/h17,23,25,39,48H,6-16,18-20H2,1-5H3,(H,49,50)(H,51,52)(H,53,54)(H,55,56)(H,57,58)(H,59,60)(H,61,62)(H,63,64). The van der Waals surface area contributed by atoms with Crippen molar-refractivity contribution in [1.29, 1.82) is 0 Å². The first-order valence-electron chi connectivity index (χ1n) is 21.0. The summed E-state index contributed by atoms with van der Waals surface area (Å²) < 4.78 is 0. The molecule has 8 bridgehead atoms. The van der Waals surface area contributed by atoms with Gasteiger partial charge in [-0.05, 0) is 69.2 Å². The van der Waals surface area contributed by atoms with Gasteiger partial charge in [-0.3, -0.25) is 53.3 Å². The van der Waals surface area contributed by atoms with Gasteiger partial charge in [0.05, 0.1) is 48.5 Å². The Morgan fingerprint density at radius 3 is 1.84 bits per heavy atom. The zero-order valence-corrected chi connectivity index (χ0v) is 36.4. The number of carboxylic acids is 8. The van der Waals surface area contributed by atoms with Gasteiger partial charge in [0.25, 0.3) is 0 Å². The van der Waals surface area contributed by atoms with E-state index in [0.29, 0.717) is 5.57 Å². The van der Waals surface area contributed by atoms with Gasteiger partial charge in [0.1, 0.15) is 0 Å². The second-order valence-electron chi connectivity index (χ2n) is 18.8. The fraction of sp³-hybridized carbons (Fsp3) is 0.614. The van der Waals surface area contributed by atoms with Crippen molar-refractivity contribution >= 4 is 64.9 Å². The van der Waals surface area contributed by atoms with Gasteiger partial charge < -0.3 is 46.2 Å². The molecule has 0 saturated carbocycles. The van der Waals surface area contributed by atoms with Crippen LogP contribution in [0.5, 0.6) is 0 Å². The van der Waals surface area contributed by atoms with E-state index in [-0.39, 0.29) is 78.2 Å². The van der Waals surface area contributed by atoms with Crippen LogP contribution in [-0.2, 0) is 38.4 Å². The average Bonchev–Trinajstić information content (AvgIpc) is 3.72. The molecule has 1 fully saturated rings. The number of aliphatic imine (C=N–C) groups is 3. The predicted molar refractivity (Wildman–Crippen MR) is 225 cm³/mol. The number of carbonyl (C=O) groups is 8. The van der Waals surface area contributed by atoms with Crippen molar-refractivity contribution in [2.75, 3.05) is 0 Å². The Morgan fingerprint density at radius 2 is 1.30 bits per heavy atom. The molecule has 5 heterocycles. The lowest BCUT2D eigenvalue weighted by molar-refractivity contribution is -0.144. The molecule has 348 valence electrons. The maximum absolute atomic E-state index is 13.0. The van der Waals surface area contributed by atoms with Crippen molar-refractivity contribution in [2.45, 2.75) is 142 Å². The first-order chi connectivity index (χ1) is 29.6. The second kappa shape index (κ2) is 17.8. The molecule has 0 aliphatic carbocycles. The Morgan fingerprint density at radius 1 is 0.703 bits per heavy atom. The van der Waals surface area contributed by atoms with E-state index in [1.807, 2.05) is 0 Å². The maximum atomic E-state index is 13.0. The number of nitrogens with one attached hydrogen (secondary N) is 1.